The molecule has 0 radical (unpaired) electrons. The van der Waals surface area contributed by atoms with Crippen molar-refractivity contribution < 1.29 is 9.53 Å². The second kappa shape index (κ2) is 6.35. The van der Waals surface area contributed by atoms with E-state index in [0.29, 0.717) is 12.0 Å². The Kier molecular flexibility index (Phi) is 4.77. The van der Waals surface area contributed by atoms with Crippen molar-refractivity contribution in [1.29, 1.82) is 0 Å². The number of carbonyl (C=O) groups is 1. The number of Topliss-reactive ketones (excluding diaryl/α,β-unsaturated/α-hetero) is 1. The van der Waals surface area contributed by atoms with Gasteiger partial charge < -0.3 is 4.74 Å². The summed E-state index contributed by atoms with van der Waals surface area (Å²) in [5.74, 6) is 0.799. The Labute approximate surface area is 129 Å². The van der Waals surface area contributed by atoms with Gasteiger partial charge in [0.2, 0.25) is 0 Å². The van der Waals surface area contributed by atoms with Gasteiger partial charge in [0.15, 0.2) is 5.78 Å². The third-order valence-corrected chi connectivity index (χ3v) is 4.18. The fourth-order valence-corrected chi connectivity index (χ4v) is 2.72. The first-order chi connectivity index (χ1) is 9.11. The van der Waals surface area contributed by atoms with Crippen LogP contribution < -0.4 is 4.74 Å². The van der Waals surface area contributed by atoms with Crippen molar-refractivity contribution in [1.82, 2.24) is 0 Å². The molecule has 0 atom stereocenters. The van der Waals surface area contributed by atoms with Gasteiger partial charge in [0.1, 0.15) is 5.75 Å². The highest BCUT2D eigenvalue weighted by Gasteiger charge is 2.11. The first kappa shape index (κ1) is 14.3. The summed E-state index contributed by atoms with van der Waals surface area (Å²) in [6.07, 6.45) is 0.375. The Morgan fingerprint density at radius 3 is 2.47 bits per heavy atom. The lowest BCUT2D eigenvalue weighted by molar-refractivity contribution is 0.0992. The van der Waals surface area contributed by atoms with Crippen LogP contribution in [0.3, 0.4) is 0 Å². The number of ketones is 1. The predicted octanol–water partition coefficient (Wildman–Crippen LogP) is 4.65. The molecule has 4 heteroatoms. The zero-order valence-corrected chi connectivity index (χ0v) is 13.5. The van der Waals surface area contributed by atoms with Gasteiger partial charge in [-0.1, -0.05) is 34.1 Å². The fraction of sp³-hybridized carbons (Fsp3) is 0.133. The van der Waals surface area contributed by atoms with Crippen LogP contribution in [0.5, 0.6) is 5.75 Å². The highest BCUT2D eigenvalue weighted by molar-refractivity contribution is 9.10. The van der Waals surface area contributed by atoms with Crippen LogP contribution in [-0.4, -0.2) is 12.9 Å². The van der Waals surface area contributed by atoms with Crippen LogP contribution in [0.4, 0.5) is 0 Å². The van der Waals surface area contributed by atoms with Gasteiger partial charge in [0.25, 0.3) is 0 Å². The molecule has 0 saturated carbocycles. The SMILES string of the molecule is COc1ccc(C(=O)Cc2ccccc2Br)cc1Br. The molecule has 0 aliphatic rings. The number of halogens is 2. The van der Waals surface area contributed by atoms with Crippen molar-refractivity contribution in [3.05, 3.63) is 62.5 Å². The van der Waals surface area contributed by atoms with Gasteiger partial charge in [-0.2, -0.15) is 0 Å². The minimum atomic E-state index is 0.0789. The average Bonchev–Trinajstić information content (AvgIpc) is 2.41. The number of carbonyl (C=O) groups excluding carboxylic acids is 1. The van der Waals surface area contributed by atoms with Gasteiger partial charge in [-0.05, 0) is 45.8 Å². The van der Waals surface area contributed by atoms with Crippen LogP contribution >= 0.6 is 31.9 Å². The molecule has 0 aromatic heterocycles. The van der Waals surface area contributed by atoms with Crippen LogP contribution in [0.2, 0.25) is 0 Å². The van der Waals surface area contributed by atoms with Crippen LogP contribution in [0.25, 0.3) is 0 Å². The minimum Gasteiger partial charge on any atom is -0.496 e. The summed E-state index contributed by atoms with van der Waals surface area (Å²) in [5.41, 5.74) is 1.66. The number of rotatable bonds is 4. The van der Waals surface area contributed by atoms with E-state index in [1.165, 1.54) is 0 Å². The van der Waals surface area contributed by atoms with Crippen molar-refractivity contribution in [2.45, 2.75) is 6.42 Å². The fourth-order valence-electron chi connectivity index (χ4n) is 1.76. The minimum absolute atomic E-state index is 0.0789. The molecular weight excluding hydrogens is 372 g/mol. The molecule has 0 aliphatic heterocycles. The number of hydrogen-bond donors (Lipinski definition) is 0. The first-order valence-corrected chi connectivity index (χ1v) is 7.30. The summed E-state index contributed by atoms with van der Waals surface area (Å²) in [5, 5.41) is 0. The maximum atomic E-state index is 12.2. The van der Waals surface area contributed by atoms with Gasteiger partial charge >= 0.3 is 0 Å². The molecule has 2 nitrogen and oxygen atoms in total. The zero-order valence-electron chi connectivity index (χ0n) is 10.3. The number of methoxy groups -OCH3 is 1. The van der Waals surface area contributed by atoms with E-state index in [9.17, 15) is 4.79 Å². The highest BCUT2D eigenvalue weighted by Crippen LogP contribution is 2.26. The maximum absolute atomic E-state index is 12.2. The standard InChI is InChI=1S/C15H12Br2O2/c1-19-15-7-6-11(8-13(15)17)14(18)9-10-4-2-3-5-12(10)16/h2-8H,9H2,1H3. The summed E-state index contributed by atoms with van der Waals surface area (Å²) >= 11 is 6.84. The molecule has 0 saturated heterocycles. The Morgan fingerprint density at radius 2 is 1.84 bits per heavy atom. The Bertz CT molecular complexity index is 609. The second-order valence-corrected chi connectivity index (χ2v) is 5.75. The lowest BCUT2D eigenvalue weighted by Crippen LogP contribution is -2.04. The smallest absolute Gasteiger partial charge is 0.167 e. The number of benzene rings is 2. The maximum Gasteiger partial charge on any atom is 0.167 e. The first-order valence-electron chi connectivity index (χ1n) is 5.72. The normalized spacial score (nSPS) is 10.3. The van der Waals surface area contributed by atoms with Crippen molar-refractivity contribution in [2.75, 3.05) is 7.11 Å². The molecule has 2 rings (SSSR count). The van der Waals surface area contributed by atoms with Crippen molar-refractivity contribution in [3.63, 3.8) is 0 Å². The summed E-state index contributed by atoms with van der Waals surface area (Å²) in [6, 6.07) is 13.1. The predicted molar refractivity (Wildman–Crippen MR) is 82.9 cm³/mol. The lowest BCUT2D eigenvalue weighted by Gasteiger charge is -2.07. The molecule has 0 fully saturated rings. The van der Waals surface area contributed by atoms with Crippen LogP contribution in [-0.2, 0) is 6.42 Å². The quantitative estimate of drug-likeness (QED) is 0.718. The van der Waals surface area contributed by atoms with E-state index >= 15 is 0 Å². The van der Waals surface area contributed by atoms with E-state index in [-0.39, 0.29) is 5.78 Å². The van der Waals surface area contributed by atoms with Crippen molar-refractivity contribution in [2.24, 2.45) is 0 Å². The van der Waals surface area contributed by atoms with Crippen molar-refractivity contribution >= 4 is 37.6 Å². The van der Waals surface area contributed by atoms with Gasteiger partial charge in [-0.25, -0.2) is 0 Å². The Hall–Kier alpha value is -1.13. The largest absolute Gasteiger partial charge is 0.496 e. The van der Waals surface area contributed by atoms with E-state index in [4.69, 9.17) is 4.74 Å². The van der Waals surface area contributed by atoms with Gasteiger partial charge in [0, 0.05) is 16.5 Å². The number of ether oxygens (including phenoxy) is 1. The molecule has 0 unspecified atom stereocenters. The molecule has 0 heterocycles. The van der Waals surface area contributed by atoms with Gasteiger partial charge in [0.05, 0.1) is 11.6 Å². The third-order valence-electron chi connectivity index (χ3n) is 2.78. The summed E-state index contributed by atoms with van der Waals surface area (Å²) < 4.78 is 6.89. The van der Waals surface area contributed by atoms with Crippen molar-refractivity contribution in [3.8, 4) is 5.75 Å². The van der Waals surface area contributed by atoms with Gasteiger partial charge in [-0.3, -0.25) is 4.79 Å². The molecule has 98 valence electrons. The van der Waals surface area contributed by atoms with E-state index in [0.717, 1.165) is 20.3 Å². The van der Waals surface area contributed by atoms with E-state index < -0.39 is 0 Å². The molecule has 0 spiro atoms. The topological polar surface area (TPSA) is 26.3 Å². The molecular formula is C15H12Br2O2. The summed E-state index contributed by atoms with van der Waals surface area (Å²) in [7, 11) is 1.60. The molecule has 0 amide bonds. The van der Waals surface area contributed by atoms with Gasteiger partial charge in [-0.15, -0.1) is 0 Å². The third kappa shape index (κ3) is 3.45. The average molecular weight is 384 g/mol. The number of hydrogen-bond acceptors (Lipinski definition) is 2. The highest BCUT2D eigenvalue weighted by atomic mass is 79.9. The van der Waals surface area contributed by atoms with Crippen LogP contribution in [0.1, 0.15) is 15.9 Å². The molecule has 19 heavy (non-hydrogen) atoms. The van der Waals surface area contributed by atoms with E-state index in [1.807, 2.05) is 24.3 Å². The summed E-state index contributed by atoms with van der Waals surface area (Å²) in [4.78, 5) is 12.2. The van der Waals surface area contributed by atoms with Crippen LogP contribution in [0.15, 0.2) is 51.4 Å². The van der Waals surface area contributed by atoms with E-state index in [1.54, 1.807) is 25.3 Å². The summed E-state index contributed by atoms with van der Waals surface area (Å²) in [6.45, 7) is 0. The monoisotopic (exact) mass is 382 g/mol. The molecule has 2 aromatic rings. The zero-order chi connectivity index (χ0) is 13.8. The molecule has 0 N–H and O–H groups in total. The van der Waals surface area contributed by atoms with E-state index in [2.05, 4.69) is 31.9 Å². The molecule has 2 aromatic carbocycles. The Balaban J connectivity index is 2.21. The lowest BCUT2D eigenvalue weighted by atomic mass is 10.0. The second-order valence-electron chi connectivity index (χ2n) is 4.04. The molecule has 0 aliphatic carbocycles. The van der Waals surface area contributed by atoms with Crippen LogP contribution in [0, 0.1) is 0 Å². The molecule has 0 bridgehead atoms. The Morgan fingerprint density at radius 1 is 1.11 bits per heavy atom.